The van der Waals surface area contributed by atoms with Crippen LogP contribution in [0, 0.1) is 6.92 Å². The molecule has 3 N–H and O–H groups in total. The summed E-state index contributed by atoms with van der Waals surface area (Å²) in [4.78, 5) is 19.2. The molecule has 0 atom stereocenters. The van der Waals surface area contributed by atoms with Gasteiger partial charge in [0.2, 0.25) is 11.8 Å². The van der Waals surface area contributed by atoms with Crippen molar-refractivity contribution in [2.75, 3.05) is 12.4 Å². The zero-order chi connectivity index (χ0) is 17.0. The molecule has 2 aromatic rings. The molecule has 9 nitrogen and oxygen atoms in total. The molecule has 1 aromatic carbocycles. The van der Waals surface area contributed by atoms with Gasteiger partial charge in [-0.3, -0.25) is 5.32 Å². The average molecular weight is 338 g/mol. The first kappa shape index (κ1) is 16.5. The second-order valence-corrected chi connectivity index (χ2v) is 6.05. The number of nitrogens with zero attached hydrogens (tertiary/aromatic N) is 2. The van der Waals surface area contributed by atoms with E-state index in [1.807, 2.05) is 0 Å². The highest BCUT2D eigenvalue weighted by atomic mass is 32.2. The minimum atomic E-state index is -4.23. The summed E-state index contributed by atoms with van der Waals surface area (Å²) >= 11 is 0. The summed E-state index contributed by atoms with van der Waals surface area (Å²) in [6.45, 7) is 1.66. The summed E-state index contributed by atoms with van der Waals surface area (Å²) in [6, 6.07) is 5.71. The van der Waals surface area contributed by atoms with Crippen LogP contribution in [0.4, 0.5) is 10.7 Å². The van der Waals surface area contributed by atoms with E-state index >= 15 is 0 Å². The second-order valence-electron chi connectivity index (χ2n) is 4.40. The molecule has 0 spiro atoms. The van der Waals surface area contributed by atoms with Gasteiger partial charge in [0, 0.05) is 11.8 Å². The highest BCUT2D eigenvalue weighted by Gasteiger charge is 2.21. The fourth-order valence-corrected chi connectivity index (χ4v) is 2.69. The van der Waals surface area contributed by atoms with E-state index in [0.29, 0.717) is 5.69 Å². The first-order valence-corrected chi connectivity index (χ1v) is 7.81. The number of urea groups is 1. The van der Waals surface area contributed by atoms with E-state index in [4.69, 9.17) is 4.74 Å². The standard InChI is InChI=1S/C13H14N4O5S/c1-8-7-11(22-2)15-12(14-8)16-13(19)17-23(20,21)10-6-4-3-5-9(10)18/h3-7,18H,1-2H3,(H2,14,15,16,17,19). The Morgan fingerprint density at radius 2 is 1.96 bits per heavy atom. The number of rotatable bonds is 4. The van der Waals surface area contributed by atoms with Crippen LogP contribution < -0.4 is 14.8 Å². The monoisotopic (exact) mass is 338 g/mol. The number of aromatic nitrogens is 2. The molecule has 0 fully saturated rings. The Morgan fingerprint density at radius 3 is 2.61 bits per heavy atom. The topological polar surface area (TPSA) is 131 Å². The molecule has 0 aliphatic heterocycles. The predicted molar refractivity (Wildman–Crippen MR) is 80.8 cm³/mol. The Morgan fingerprint density at radius 1 is 1.26 bits per heavy atom. The normalized spacial score (nSPS) is 10.9. The zero-order valence-electron chi connectivity index (χ0n) is 12.3. The smallest absolute Gasteiger partial charge is 0.335 e. The van der Waals surface area contributed by atoms with Crippen LogP contribution in [-0.2, 0) is 10.0 Å². The van der Waals surface area contributed by atoms with Crippen molar-refractivity contribution in [3.8, 4) is 11.6 Å². The third-order valence-electron chi connectivity index (χ3n) is 2.65. The van der Waals surface area contributed by atoms with Crippen molar-refractivity contribution in [2.24, 2.45) is 0 Å². The molecule has 23 heavy (non-hydrogen) atoms. The van der Waals surface area contributed by atoms with Gasteiger partial charge in [-0.15, -0.1) is 0 Å². The first-order chi connectivity index (χ1) is 10.8. The molecule has 0 bridgehead atoms. The van der Waals surface area contributed by atoms with Crippen LogP contribution in [0.2, 0.25) is 0 Å². The van der Waals surface area contributed by atoms with Crippen LogP contribution in [0.1, 0.15) is 5.69 Å². The summed E-state index contributed by atoms with van der Waals surface area (Å²) in [5, 5.41) is 11.8. The zero-order valence-corrected chi connectivity index (χ0v) is 13.1. The number of anilines is 1. The summed E-state index contributed by atoms with van der Waals surface area (Å²) in [5.74, 6) is -0.371. The van der Waals surface area contributed by atoms with Gasteiger partial charge >= 0.3 is 6.03 Å². The first-order valence-electron chi connectivity index (χ1n) is 6.33. The van der Waals surface area contributed by atoms with Crippen molar-refractivity contribution in [3.05, 3.63) is 36.0 Å². The predicted octanol–water partition coefficient (Wildman–Crippen LogP) is 1.01. The number of nitrogens with one attached hydrogen (secondary N) is 2. The van der Waals surface area contributed by atoms with Gasteiger partial charge in [-0.1, -0.05) is 12.1 Å². The molecule has 0 aliphatic rings. The molecule has 0 unspecified atom stereocenters. The van der Waals surface area contributed by atoms with Gasteiger partial charge in [0.15, 0.2) is 0 Å². The number of methoxy groups -OCH3 is 1. The molecule has 1 heterocycles. The Kier molecular flexibility index (Phi) is 4.65. The van der Waals surface area contributed by atoms with E-state index in [-0.39, 0.29) is 11.8 Å². The number of aromatic hydroxyl groups is 1. The fraction of sp³-hybridized carbons (Fsp3) is 0.154. The van der Waals surface area contributed by atoms with Gasteiger partial charge in [0.25, 0.3) is 10.0 Å². The van der Waals surface area contributed by atoms with Gasteiger partial charge in [-0.05, 0) is 19.1 Å². The van der Waals surface area contributed by atoms with E-state index in [1.54, 1.807) is 17.7 Å². The summed E-state index contributed by atoms with van der Waals surface area (Å²) in [6.07, 6.45) is 0. The number of sulfonamides is 1. The Bertz CT molecular complexity index is 838. The summed E-state index contributed by atoms with van der Waals surface area (Å²) in [7, 11) is -2.84. The lowest BCUT2D eigenvalue weighted by Gasteiger charge is -2.09. The van der Waals surface area contributed by atoms with Crippen LogP contribution in [0.25, 0.3) is 0 Å². The molecule has 122 valence electrons. The number of benzene rings is 1. The molecule has 0 saturated carbocycles. The molecule has 0 radical (unpaired) electrons. The number of amides is 2. The maximum absolute atomic E-state index is 12.0. The van der Waals surface area contributed by atoms with E-state index in [9.17, 15) is 18.3 Å². The van der Waals surface area contributed by atoms with Gasteiger partial charge in [0.05, 0.1) is 7.11 Å². The molecule has 0 saturated heterocycles. The van der Waals surface area contributed by atoms with Crippen molar-refractivity contribution in [2.45, 2.75) is 11.8 Å². The number of para-hydroxylation sites is 1. The maximum Gasteiger partial charge on any atom is 0.335 e. The lowest BCUT2D eigenvalue weighted by atomic mass is 10.3. The van der Waals surface area contributed by atoms with Crippen molar-refractivity contribution in [1.82, 2.24) is 14.7 Å². The van der Waals surface area contributed by atoms with Crippen molar-refractivity contribution in [1.29, 1.82) is 0 Å². The van der Waals surface area contributed by atoms with Crippen LogP contribution >= 0.6 is 0 Å². The second kappa shape index (κ2) is 6.48. The molecule has 2 rings (SSSR count). The Labute approximate surface area is 132 Å². The summed E-state index contributed by atoms with van der Waals surface area (Å²) < 4.78 is 30.8. The van der Waals surface area contributed by atoms with Crippen molar-refractivity contribution < 1.29 is 23.1 Å². The van der Waals surface area contributed by atoms with Gasteiger partial charge in [-0.25, -0.2) is 22.9 Å². The largest absolute Gasteiger partial charge is 0.507 e. The molecular weight excluding hydrogens is 324 g/mol. The minimum absolute atomic E-state index is 0.119. The molecule has 10 heteroatoms. The molecular formula is C13H14N4O5S. The lowest BCUT2D eigenvalue weighted by Crippen LogP contribution is -2.35. The molecule has 1 aromatic heterocycles. The molecule has 0 aliphatic carbocycles. The number of hydrogen-bond donors (Lipinski definition) is 3. The molecule has 2 amide bonds. The number of phenols is 1. The van der Waals surface area contributed by atoms with Crippen molar-refractivity contribution in [3.63, 3.8) is 0 Å². The highest BCUT2D eigenvalue weighted by molar-refractivity contribution is 7.90. The Hall–Kier alpha value is -2.88. The van der Waals surface area contributed by atoms with Gasteiger partial charge in [0.1, 0.15) is 10.6 Å². The maximum atomic E-state index is 12.0. The highest BCUT2D eigenvalue weighted by Crippen LogP contribution is 2.21. The number of phenolic OH excluding ortho intramolecular Hbond substituents is 1. The van der Waals surface area contributed by atoms with E-state index in [0.717, 1.165) is 6.07 Å². The average Bonchev–Trinajstić information content (AvgIpc) is 2.46. The van der Waals surface area contributed by atoms with Gasteiger partial charge in [-0.2, -0.15) is 4.98 Å². The Balaban J connectivity index is 2.16. The number of carbonyl (C=O) groups excluding carboxylic acids is 1. The lowest BCUT2D eigenvalue weighted by molar-refractivity contribution is 0.256. The van der Waals surface area contributed by atoms with E-state index < -0.39 is 26.7 Å². The van der Waals surface area contributed by atoms with Crippen molar-refractivity contribution >= 4 is 22.0 Å². The van der Waals surface area contributed by atoms with Gasteiger partial charge < -0.3 is 9.84 Å². The SMILES string of the molecule is COc1cc(C)nc(NC(=O)NS(=O)(=O)c2ccccc2O)n1. The quantitative estimate of drug-likeness (QED) is 0.758. The summed E-state index contributed by atoms with van der Waals surface area (Å²) in [5.41, 5.74) is 0.524. The fourth-order valence-electron chi connectivity index (χ4n) is 1.69. The van der Waals surface area contributed by atoms with Crippen LogP contribution in [0.15, 0.2) is 35.2 Å². The van der Waals surface area contributed by atoms with Crippen LogP contribution in [0.5, 0.6) is 11.6 Å². The number of carbonyl (C=O) groups is 1. The van der Waals surface area contributed by atoms with E-state index in [1.165, 1.54) is 25.3 Å². The van der Waals surface area contributed by atoms with E-state index in [2.05, 4.69) is 15.3 Å². The third kappa shape index (κ3) is 4.07. The van der Waals surface area contributed by atoms with Crippen LogP contribution in [0.3, 0.4) is 0 Å². The number of ether oxygens (including phenoxy) is 1. The van der Waals surface area contributed by atoms with Crippen LogP contribution in [-0.4, -0.2) is 36.6 Å². The third-order valence-corrected chi connectivity index (χ3v) is 4.03. The number of aryl methyl sites for hydroxylation is 1. The minimum Gasteiger partial charge on any atom is -0.507 e. The number of hydrogen-bond acceptors (Lipinski definition) is 7.